The number of thioether (sulfide) groups is 1. The second-order valence-electron chi connectivity index (χ2n) is 8.02. The van der Waals surface area contributed by atoms with Crippen molar-refractivity contribution in [1.29, 1.82) is 0 Å². The fourth-order valence-corrected chi connectivity index (χ4v) is 4.62. The number of ether oxygens (including phenoxy) is 2. The molecule has 34 heavy (non-hydrogen) atoms. The van der Waals surface area contributed by atoms with Gasteiger partial charge < -0.3 is 25.4 Å². The number of rotatable bonds is 9. The van der Waals surface area contributed by atoms with E-state index in [2.05, 4.69) is 21.3 Å². The number of amides is 3. The topological polar surface area (TPSA) is 118 Å². The summed E-state index contributed by atoms with van der Waals surface area (Å²) in [5, 5.41) is 11.8. The van der Waals surface area contributed by atoms with Crippen molar-refractivity contribution in [3.8, 4) is 11.5 Å². The largest absolute Gasteiger partial charge is 0.486 e. The summed E-state index contributed by atoms with van der Waals surface area (Å²) in [5.41, 5.74) is 1.32. The zero-order chi connectivity index (χ0) is 23.8. The van der Waals surface area contributed by atoms with Gasteiger partial charge in [-0.2, -0.15) is 0 Å². The molecule has 2 heterocycles. The SMILES string of the molecule is O=C(CC1CC(=O)NC(SCC(=O)Nc2ccc3c(c2)OCCO3)N1)NCCc1ccccc1. The Kier molecular flexibility index (Phi) is 8.26. The van der Waals surface area contributed by atoms with Crippen molar-refractivity contribution in [3.05, 3.63) is 54.1 Å². The summed E-state index contributed by atoms with van der Waals surface area (Å²) in [6.07, 6.45) is 1.16. The van der Waals surface area contributed by atoms with E-state index >= 15 is 0 Å². The number of anilines is 1. The molecule has 10 heteroatoms. The molecular formula is C24H28N4O5S. The van der Waals surface area contributed by atoms with Crippen LogP contribution in [0.5, 0.6) is 11.5 Å². The number of nitrogens with one attached hydrogen (secondary N) is 4. The number of carbonyl (C=O) groups excluding carboxylic acids is 3. The first-order chi connectivity index (χ1) is 16.5. The van der Waals surface area contributed by atoms with E-state index in [0.29, 0.717) is 36.9 Å². The Morgan fingerprint density at radius 2 is 1.82 bits per heavy atom. The molecule has 1 saturated heterocycles. The van der Waals surface area contributed by atoms with Crippen molar-refractivity contribution in [2.75, 3.05) is 30.8 Å². The highest BCUT2D eigenvalue weighted by molar-refractivity contribution is 8.00. The van der Waals surface area contributed by atoms with Gasteiger partial charge >= 0.3 is 0 Å². The van der Waals surface area contributed by atoms with Gasteiger partial charge in [0, 0.05) is 37.2 Å². The standard InChI is InChI=1S/C24H28N4O5S/c29-21(25-9-8-16-4-2-1-3-5-16)13-18-14-22(30)28-24(27-18)34-15-23(31)26-17-6-7-19-20(12-17)33-11-10-32-19/h1-7,12,18,24,27H,8-11,13-15H2,(H,25,29)(H,26,31)(H,28,30). The lowest BCUT2D eigenvalue weighted by molar-refractivity contribution is -0.125. The van der Waals surface area contributed by atoms with Crippen molar-refractivity contribution in [2.24, 2.45) is 0 Å². The van der Waals surface area contributed by atoms with E-state index in [1.807, 2.05) is 30.3 Å². The Morgan fingerprint density at radius 1 is 1.03 bits per heavy atom. The Morgan fingerprint density at radius 3 is 2.65 bits per heavy atom. The summed E-state index contributed by atoms with van der Waals surface area (Å²) in [6, 6.07) is 14.9. The van der Waals surface area contributed by atoms with Crippen LogP contribution in [0, 0.1) is 0 Å². The van der Waals surface area contributed by atoms with Gasteiger partial charge in [-0.25, -0.2) is 0 Å². The minimum Gasteiger partial charge on any atom is -0.486 e. The highest BCUT2D eigenvalue weighted by atomic mass is 32.2. The summed E-state index contributed by atoms with van der Waals surface area (Å²) in [5.74, 6) is 0.917. The second-order valence-corrected chi connectivity index (χ2v) is 9.12. The zero-order valence-electron chi connectivity index (χ0n) is 18.7. The van der Waals surface area contributed by atoms with Crippen LogP contribution >= 0.6 is 11.8 Å². The van der Waals surface area contributed by atoms with Crippen LogP contribution in [0.2, 0.25) is 0 Å². The quantitative estimate of drug-likeness (QED) is 0.427. The Labute approximate surface area is 202 Å². The Bertz CT molecular complexity index is 1020. The molecule has 0 aliphatic carbocycles. The van der Waals surface area contributed by atoms with Crippen molar-refractivity contribution in [2.45, 2.75) is 30.8 Å². The summed E-state index contributed by atoms with van der Waals surface area (Å²) in [6.45, 7) is 1.52. The molecule has 3 amide bonds. The summed E-state index contributed by atoms with van der Waals surface area (Å²) < 4.78 is 11.0. The predicted octanol–water partition coefficient (Wildman–Crippen LogP) is 1.64. The van der Waals surface area contributed by atoms with Gasteiger partial charge in [0.05, 0.1) is 5.75 Å². The maximum atomic E-state index is 12.4. The molecule has 2 aromatic carbocycles. The predicted molar refractivity (Wildman–Crippen MR) is 130 cm³/mol. The number of fused-ring (bicyclic) bond motifs is 1. The number of benzene rings is 2. The average Bonchev–Trinajstić information content (AvgIpc) is 2.83. The van der Waals surface area contributed by atoms with Gasteiger partial charge in [0.2, 0.25) is 17.7 Å². The molecule has 4 rings (SSSR count). The third kappa shape index (κ3) is 7.13. The zero-order valence-corrected chi connectivity index (χ0v) is 19.5. The van der Waals surface area contributed by atoms with Crippen LogP contribution in [0.3, 0.4) is 0 Å². The fraction of sp³-hybridized carbons (Fsp3) is 0.375. The van der Waals surface area contributed by atoms with E-state index in [9.17, 15) is 14.4 Å². The lowest BCUT2D eigenvalue weighted by atomic mass is 10.1. The summed E-state index contributed by atoms with van der Waals surface area (Å²) in [4.78, 5) is 36.8. The minimum atomic E-state index is -0.450. The maximum Gasteiger partial charge on any atom is 0.234 e. The number of hydrogen-bond donors (Lipinski definition) is 4. The van der Waals surface area contributed by atoms with Crippen LogP contribution in [0.4, 0.5) is 5.69 Å². The van der Waals surface area contributed by atoms with Crippen LogP contribution in [-0.4, -0.2) is 54.8 Å². The second kappa shape index (κ2) is 11.8. The molecule has 2 aliphatic rings. The van der Waals surface area contributed by atoms with Crippen LogP contribution in [-0.2, 0) is 20.8 Å². The molecule has 0 aromatic heterocycles. The van der Waals surface area contributed by atoms with E-state index in [0.717, 1.165) is 12.0 Å². The van der Waals surface area contributed by atoms with Crippen LogP contribution in [0.15, 0.2) is 48.5 Å². The highest BCUT2D eigenvalue weighted by Crippen LogP contribution is 2.32. The van der Waals surface area contributed by atoms with Crippen LogP contribution < -0.4 is 30.7 Å². The normalized spacial score (nSPS) is 19.1. The van der Waals surface area contributed by atoms with E-state index in [1.54, 1.807) is 18.2 Å². The van der Waals surface area contributed by atoms with Gasteiger partial charge in [-0.15, -0.1) is 11.8 Å². The molecule has 0 spiro atoms. The molecular weight excluding hydrogens is 456 g/mol. The van der Waals surface area contributed by atoms with Crippen molar-refractivity contribution in [1.82, 2.24) is 16.0 Å². The van der Waals surface area contributed by atoms with Gasteiger partial charge in [0.15, 0.2) is 11.5 Å². The number of carbonyl (C=O) groups is 3. The lowest BCUT2D eigenvalue weighted by Crippen LogP contribution is -2.56. The number of hydrogen-bond acceptors (Lipinski definition) is 7. The third-order valence-corrected chi connectivity index (χ3v) is 6.34. The smallest absolute Gasteiger partial charge is 0.234 e. The van der Waals surface area contributed by atoms with Gasteiger partial charge in [0.1, 0.15) is 18.7 Å². The Balaban J connectivity index is 1.18. The van der Waals surface area contributed by atoms with E-state index in [4.69, 9.17) is 9.47 Å². The maximum absolute atomic E-state index is 12.4. The fourth-order valence-electron chi connectivity index (χ4n) is 3.73. The monoisotopic (exact) mass is 484 g/mol. The molecule has 9 nitrogen and oxygen atoms in total. The first kappa shape index (κ1) is 23.9. The van der Waals surface area contributed by atoms with E-state index < -0.39 is 5.50 Å². The molecule has 0 bridgehead atoms. The van der Waals surface area contributed by atoms with Gasteiger partial charge in [0.25, 0.3) is 0 Å². The molecule has 2 atom stereocenters. The van der Waals surface area contributed by atoms with Crippen molar-refractivity contribution in [3.63, 3.8) is 0 Å². The average molecular weight is 485 g/mol. The molecule has 1 fully saturated rings. The first-order valence-electron chi connectivity index (χ1n) is 11.2. The van der Waals surface area contributed by atoms with Gasteiger partial charge in [-0.3, -0.25) is 19.7 Å². The van der Waals surface area contributed by atoms with Crippen LogP contribution in [0.25, 0.3) is 0 Å². The summed E-state index contributed by atoms with van der Waals surface area (Å²) in [7, 11) is 0. The molecule has 4 N–H and O–H groups in total. The molecule has 0 radical (unpaired) electrons. The van der Waals surface area contributed by atoms with Gasteiger partial charge in [-0.05, 0) is 24.1 Å². The first-order valence-corrected chi connectivity index (χ1v) is 12.3. The van der Waals surface area contributed by atoms with Crippen molar-refractivity contribution < 1.29 is 23.9 Å². The summed E-state index contributed by atoms with van der Waals surface area (Å²) >= 11 is 1.26. The van der Waals surface area contributed by atoms with Gasteiger partial charge in [-0.1, -0.05) is 30.3 Å². The Hall–Kier alpha value is -3.24. The molecule has 180 valence electrons. The highest BCUT2D eigenvalue weighted by Gasteiger charge is 2.28. The van der Waals surface area contributed by atoms with E-state index in [-0.39, 0.29) is 42.4 Å². The van der Waals surface area contributed by atoms with Crippen LogP contribution in [0.1, 0.15) is 18.4 Å². The van der Waals surface area contributed by atoms with Crippen molar-refractivity contribution >= 4 is 35.2 Å². The lowest BCUT2D eigenvalue weighted by Gasteiger charge is -2.30. The van der Waals surface area contributed by atoms with E-state index in [1.165, 1.54) is 11.8 Å². The molecule has 2 aliphatic heterocycles. The molecule has 2 unspecified atom stereocenters. The third-order valence-electron chi connectivity index (χ3n) is 5.33. The molecule has 2 aromatic rings. The minimum absolute atomic E-state index is 0.108. The molecule has 0 saturated carbocycles.